The fourth-order valence-electron chi connectivity index (χ4n) is 6.20. The van der Waals surface area contributed by atoms with Crippen molar-refractivity contribution < 1.29 is 23.7 Å². The van der Waals surface area contributed by atoms with Crippen LogP contribution in [0.25, 0.3) is 11.2 Å². The number of nitrogens with two attached hydrogens (primary N) is 1. The van der Waals surface area contributed by atoms with Gasteiger partial charge in [0.25, 0.3) is 11.5 Å². The summed E-state index contributed by atoms with van der Waals surface area (Å²) in [5.74, 6) is 2.50. The van der Waals surface area contributed by atoms with E-state index in [1.165, 1.54) is 18.8 Å². The molecule has 0 bridgehead atoms. The lowest BCUT2D eigenvalue weighted by Gasteiger charge is -2.20. The average molecular weight is 634 g/mol. The molecule has 0 aliphatic heterocycles. The summed E-state index contributed by atoms with van der Waals surface area (Å²) in [5.41, 5.74) is 7.61. The largest absolute Gasteiger partial charge is 0.496 e. The van der Waals surface area contributed by atoms with Crippen LogP contribution < -0.4 is 35.9 Å². The van der Waals surface area contributed by atoms with E-state index >= 15 is 0 Å². The predicted octanol–water partition coefficient (Wildman–Crippen LogP) is 4.09. The zero-order valence-electron chi connectivity index (χ0n) is 27.0. The molecule has 1 atom stereocenters. The first-order chi connectivity index (χ1) is 22.3. The molecule has 1 aliphatic rings. The number of rotatable bonds is 15. The van der Waals surface area contributed by atoms with Gasteiger partial charge in [-0.2, -0.15) is 0 Å². The maximum absolute atomic E-state index is 13.4. The Bertz CT molecular complexity index is 1760. The van der Waals surface area contributed by atoms with Crippen molar-refractivity contribution in [2.75, 3.05) is 21.3 Å². The molecule has 1 saturated carbocycles. The number of aryl methyl sites for hydroxylation is 2. The highest BCUT2D eigenvalue weighted by molar-refractivity contribution is 5.80. The highest BCUT2D eigenvalue weighted by atomic mass is 16.5. The number of imidazole rings is 1. The minimum Gasteiger partial charge on any atom is -0.496 e. The summed E-state index contributed by atoms with van der Waals surface area (Å²) in [5, 5.41) is 0. The number of carbonyl (C=O) groups is 1. The van der Waals surface area contributed by atoms with Crippen molar-refractivity contribution in [3.05, 3.63) is 74.2 Å². The van der Waals surface area contributed by atoms with E-state index in [9.17, 15) is 14.4 Å². The molecule has 5 rings (SSSR count). The van der Waals surface area contributed by atoms with Gasteiger partial charge in [-0.05, 0) is 49.8 Å². The maximum Gasteiger partial charge on any atom is 0.332 e. The minimum atomic E-state index is -0.974. The lowest BCUT2D eigenvalue weighted by atomic mass is 10.0. The molecular formula is C34H43N5O7. The first-order valence-electron chi connectivity index (χ1n) is 15.8. The quantitative estimate of drug-likeness (QED) is 0.199. The van der Waals surface area contributed by atoms with Gasteiger partial charge in [0.1, 0.15) is 34.3 Å². The Hall–Kier alpha value is -4.74. The third-order valence-corrected chi connectivity index (χ3v) is 8.64. The minimum absolute atomic E-state index is 0.131. The first kappa shape index (κ1) is 32.6. The Morgan fingerprint density at radius 2 is 1.65 bits per heavy atom. The monoisotopic (exact) mass is 633 g/mol. The second-order valence-electron chi connectivity index (χ2n) is 11.7. The van der Waals surface area contributed by atoms with Crippen LogP contribution >= 0.6 is 0 Å². The van der Waals surface area contributed by atoms with Crippen LogP contribution in [0.1, 0.15) is 68.3 Å². The van der Waals surface area contributed by atoms with E-state index < -0.39 is 12.0 Å². The van der Waals surface area contributed by atoms with E-state index in [-0.39, 0.29) is 17.7 Å². The van der Waals surface area contributed by atoms with Crippen molar-refractivity contribution in [3.63, 3.8) is 0 Å². The van der Waals surface area contributed by atoms with Crippen LogP contribution in [0.2, 0.25) is 0 Å². The molecule has 46 heavy (non-hydrogen) atoms. The van der Waals surface area contributed by atoms with E-state index in [0.717, 1.165) is 37.1 Å². The number of aromatic amines is 1. The van der Waals surface area contributed by atoms with E-state index in [4.69, 9.17) is 29.7 Å². The number of methoxy groups -OCH3 is 3. The summed E-state index contributed by atoms with van der Waals surface area (Å²) < 4.78 is 25.3. The summed E-state index contributed by atoms with van der Waals surface area (Å²) >= 11 is 0. The van der Waals surface area contributed by atoms with Gasteiger partial charge in [0.05, 0.1) is 21.3 Å². The zero-order chi connectivity index (χ0) is 32.8. The van der Waals surface area contributed by atoms with Crippen molar-refractivity contribution >= 4 is 17.1 Å². The number of H-pyrrole nitrogens is 1. The summed E-state index contributed by atoms with van der Waals surface area (Å²) in [4.78, 5) is 47.0. The molecule has 4 aromatic rings. The lowest BCUT2D eigenvalue weighted by Crippen LogP contribution is -2.40. The highest BCUT2D eigenvalue weighted by Gasteiger charge is 2.25. The Morgan fingerprint density at radius 1 is 0.978 bits per heavy atom. The standard InChI is InChI=1S/C34H43N5O7/c1-5-16-39-33(41)29-32(37-31(36-29)22-10-6-7-11-22)38(34(39)42)17-8-9-21-12-14-23(15-13-21)46-28(30(35)40)20-25-26(44-3)18-24(43-2)19-27(25)45-4/h12-15,18-19,22,28H,5-11,16-17,20H2,1-4H3,(H2,35,40)(H,36,37). The topological polar surface area (TPSA) is 153 Å². The van der Waals surface area contributed by atoms with Crippen LogP contribution in [0.4, 0.5) is 0 Å². The van der Waals surface area contributed by atoms with Crippen LogP contribution in [0.3, 0.4) is 0 Å². The van der Waals surface area contributed by atoms with E-state index in [1.54, 1.807) is 35.9 Å². The highest BCUT2D eigenvalue weighted by Crippen LogP contribution is 2.36. The maximum atomic E-state index is 13.4. The van der Waals surface area contributed by atoms with E-state index in [2.05, 4.69) is 4.98 Å². The molecule has 0 saturated heterocycles. The number of hydrogen-bond donors (Lipinski definition) is 2. The first-order valence-corrected chi connectivity index (χ1v) is 15.8. The van der Waals surface area contributed by atoms with Gasteiger partial charge in [0.2, 0.25) is 0 Å². The zero-order valence-corrected chi connectivity index (χ0v) is 27.0. The molecule has 2 aromatic heterocycles. The predicted molar refractivity (Wildman–Crippen MR) is 174 cm³/mol. The number of fused-ring (bicyclic) bond motifs is 1. The fraction of sp³-hybridized carbons (Fsp3) is 0.471. The Labute approximate surface area is 267 Å². The molecule has 12 heteroatoms. The van der Waals surface area contributed by atoms with Crippen molar-refractivity contribution in [2.45, 2.75) is 83.4 Å². The van der Waals surface area contributed by atoms with Gasteiger partial charge in [-0.15, -0.1) is 0 Å². The molecule has 1 unspecified atom stereocenters. The molecule has 2 aromatic carbocycles. The SMILES string of the molecule is CCCn1c(=O)c2[nH]c(C3CCCC3)nc2n(CCCc2ccc(OC(Cc3c(OC)cc(OC)cc3OC)C(N)=O)cc2)c1=O. The number of hydrogen-bond acceptors (Lipinski definition) is 8. The van der Waals surface area contributed by atoms with Gasteiger partial charge in [-0.3, -0.25) is 18.7 Å². The summed E-state index contributed by atoms with van der Waals surface area (Å²) in [6, 6.07) is 10.9. The van der Waals surface area contributed by atoms with Crippen LogP contribution in [0.15, 0.2) is 46.0 Å². The molecule has 1 amide bonds. The molecule has 246 valence electrons. The normalized spacial score (nSPS) is 14.0. The number of benzene rings is 2. The molecule has 0 spiro atoms. The number of ether oxygens (including phenoxy) is 4. The molecule has 0 radical (unpaired) electrons. The van der Waals surface area contributed by atoms with Gasteiger partial charge in [-0.1, -0.05) is 31.9 Å². The molecule has 2 heterocycles. The Balaban J connectivity index is 1.29. The number of primary amides is 1. The Morgan fingerprint density at radius 3 is 2.24 bits per heavy atom. The number of nitrogens with zero attached hydrogens (tertiary/aromatic N) is 3. The number of aromatic nitrogens is 4. The summed E-state index contributed by atoms with van der Waals surface area (Å²) in [6.07, 6.45) is 5.54. The van der Waals surface area contributed by atoms with E-state index in [0.29, 0.717) is 78.0 Å². The van der Waals surface area contributed by atoms with Crippen molar-refractivity contribution in [3.8, 4) is 23.0 Å². The number of nitrogens with one attached hydrogen (secondary N) is 1. The van der Waals surface area contributed by atoms with Crippen LogP contribution in [-0.4, -0.2) is 52.4 Å². The molecule has 3 N–H and O–H groups in total. The second kappa shape index (κ2) is 14.6. The van der Waals surface area contributed by atoms with Crippen molar-refractivity contribution in [1.82, 2.24) is 19.1 Å². The van der Waals surface area contributed by atoms with Gasteiger partial charge < -0.3 is 29.7 Å². The third-order valence-electron chi connectivity index (χ3n) is 8.64. The number of carbonyl (C=O) groups excluding carboxylic acids is 1. The summed E-state index contributed by atoms with van der Waals surface area (Å²) in [6.45, 7) is 2.72. The summed E-state index contributed by atoms with van der Waals surface area (Å²) in [7, 11) is 4.60. The third kappa shape index (κ3) is 6.90. The smallest absolute Gasteiger partial charge is 0.332 e. The van der Waals surface area contributed by atoms with Gasteiger partial charge in [-0.25, -0.2) is 9.78 Å². The Kier molecular flexibility index (Phi) is 10.3. The molecule has 12 nitrogen and oxygen atoms in total. The average Bonchev–Trinajstić information content (AvgIpc) is 3.76. The van der Waals surface area contributed by atoms with Crippen LogP contribution in [-0.2, 0) is 30.7 Å². The van der Waals surface area contributed by atoms with E-state index in [1.807, 2.05) is 19.1 Å². The van der Waals surface area contributed by atoms with Gasteiger partial charge in [0, 0.05) is 43.1 Å². The molecule has 1 fully saturated rings. The van der Waals surface area contributed by atoms with Crippen LogP contribution in [0.5, 0.6) is 23.0 Å². The van der Waals surface area contributed by atoms with Gasteiger partial charge >= 0.3 is 5.69 Å². The molecular weight excluding hydrogens is 590 g/mol. The van der Waals surface area contributed by atoms with Gasteiger partial charge in [0.15, 0.2) is 11.8 Å². The second-order valence-corrected chi connectivity index (χ2v) is 11.7. The van der Waals surface area contributed by atoms with Crippen LogP contribution in [0, 0.1) is 0 Å². The lowest BCUT2D eigenvalue weighted by molar-refractivity contribution is -0.124. The van der Waals surface area contributed by atoms with Crippen molar-refractivity contribution in [1.29, 1.82) is 0 Å². The number of amides is 1. The molecule has 1 aliphatic carbocycles. The van der Waals surface area contributed by atoms with Crippen molar-refractivity contribution in [2.24, 2.45) is 5.73 Å². The fourth-order valence-corrected chi connectivity index (χ4v) is 6.20.